The van der Waals surface area contributed by atoms with Crippen LogP contribution in [0.3, 0.4) is 0 Å². The molecule has 0 amide bonds. The molecule has 0 saturated carbocycles. The molecule has 0 fully saturated rings. The number of hydrogen-bond donors (Lipinski definition) is 0. The number of aryl methyl sites for hydroxylation is 1. The van der Waals surface area contributed by atoms with Crippen molar-refractivity contribution in [3.8, 4) is 0 Å². The molecule has 0 aromatic carbocycles. The molecule has 0 aliphatic carbocycles. The first-order valence-corrected chi connectivity index (χ1v) is 2.11. The molecule has 0 saturated heterocycles. The summed E-state index contributed by atoms with van der Waals surface area (Å²) in [5.41, 5.74) is 1.10. The van der Waals surface area contributed by atoms with Crippen molar-refractivity contribution in [1.82, 2.24) is 9.97 Å². The fourth-order valence-corrected chi connectivity index (χ4v) is 0.374. The standard InChI is InChI=1S/C5H6N2.BrH/c1-5-2-6-4-7-3-5;/h2-4H,1H3;1H. The Morgan fingerprint density at radius 1 is 1.25 bits per heavy atom. The van der Waals surface area contributed by atoms with Crippen molar-refractivity contribution in [2.24, 2.45) is 0 Å². The molecule has 0 atom stereocenters. The number of rotatable bonds is 0. The van der Waals surface area contributed by atoms with Crippen LogP contribution in [0.2, 0.25) is 0 Å². The predicted molar refractivity (Wildman–Crippen MR) is 37.1 cm³/mol. The van der Waals surface area contributed by atoms with Crippen LogP contribution in [0.5, 0.6) is 0 Å². The molecule has 8 heavy (non-hydrogen) atoms. The fourth-order valence-electron chi connectivity index (χ4n) is 0.374. The van der Waals surface area contributed by atoms with Gasteiger partial charge in [0.2, 0.25) is 0 Å². The van der Waals surface area contributed by atoms with E-state index in [1.807, 2.05) is 6.92 Å². The smallest absolute Gasteiger partial charge is 0.115 e. The summed E-state index contributed by atoms with van der Waals surface area (Å²) >= 11 is 0. The summed E-state index contributed by atoms with van der Waals surface area (Å²) < 4.78 is 0. The van der Waals surface area contributed by atoms with Crippen LogP contribution in [-0.2, 0) is 0 Å². The Morgan fingerprint density at radius 3 is 2.00 bits per heavy atom. The minimum absolute atomic E-state index is 0. The van der Waals surface area contributed by atoms with E-state index >= 15 is 0 Å². The molecule has 2 nitrogen and oxygen atoms in total. The lowest BCUT2D eigenvalue weighted by Crippen LogP contribution is -1.75. The van der Waals surface area contributed by atoms with E-state index in [0.717, 1.165) is 5.56 Å². The summed E-state index contributed by atoms with van der Waals surface area (Å²) in [5.74, 6) is 0. The molecule has 1 heterocycles. The molecule has 0 spiro atoms. The number of halogens is 1. The van der Waals surface area contributed by atoms with Gasteiger partial charge in [0.15, 0.2) is 0 Å². The maximum Gasteiger partial charge on any atom is 0.115 e. The third-order valence-corrected chi connectivity index (χ3v) is 0.690. The van der Waals surface area contributed by atoms with E-state index in [1.165, 1.54) is 6.33 Å². The third kappa shape index (κ3) is 2.02. The number of hydrogen-bond acceptors (Lipinski definition) is 2. The third-order valence-electron chi connectivity index (χ3n) is 0.690. The normalized spacial score (nSPS) is 7.62. The first-order valence-electron chi connectivity index (χ1n) is 2.11. The van der Waals surface area contributed by atoms with E-state index in [1.54, 1.807) is 12.4 Å². The molecule has 0 radical (unpaired) electrons. The van der Waals surface area contributed by atoms with Crippen LogP contribution in [0, 0.1) is 6.92 Å². The molecule has 1 aromatic rings. The molecule has 0 N–H and O–H groups in total. The van der Waals surface area contributed by atoms with E-state index in [4.69, 9.17) is 0 Å². The Kier molecular flexibility index (Phi) is 3.35. The lowest BCUT2D eigenvalue weighted by atomic mass is 10.4. The Morgan fingerprint density at radius 2 is 1.75 bits per heavy atom. The van der Waals surface area contributed by atoms with Crippen molar-refractivity contribution < 1.29 is 0 Å². The highest BCUT2D eigenvalue weighted by Gasteiger charge is 1.74. The van der Waals surface area contributed by atoms with Gasteiger partial charge in [-0.2, -0.15) is 0 Å². The molecular weight excluding hydrogens is 168 g/mol. The van der Waals surface area contributed by atoms with Crippen molar-refractivity contribution in [3.05, 3.63) is 24.3 Å². The number of nitrogens with zero attached hydrogens (tertiary/aromatic N) is 2. The summed E-state index contributed by atoms with van der Waals surface area (Å²) in [5, 5.41) is 0. The van der Waals surface area contributed by atoms with Crippen LogP contribution < -0.4 is 0 Å². The average molecular weight is 175 g/mol. The fraction of sp³-hybridized carbons (Fsp3) is 0.200. The second-order valence-corrected chi connectivity index (χ2v) is 1.42. The van der Waals surface area contributed by atoms with Gasteiger partial charge < -0.3 is 0 Å². The summed E-state index contributed by atoms with van der Waals surface area (Å²) in [6, 6.07) is 0. The Balaban J connectivity index is 0.000000490. The lowest BCUT2D eigenvalue weighted by molar-refractivity contribution is 1.13. The second kappa shape index (κ2) is 3.55. The van der Waals surface area contributed by atoms with Gasteiger partial charge in [-0.1, -0.05) is 0 Å². The van der Waals surface area contributed by atoms with E-state index in [-0.39, 0.29) is 17.0 Å². The maximum atomic E-state index is 3.77. The largest absolute Gasteiger partial charge is 0.245 e. The van der Waals surface area contributed by atoms with Crippen LogP contribution in [0.4, 0.5) is 0 Å². The zero-order valence-electron chi connectivity index (χ0n) is 4.53. The maximum absolute atomic E-state index is 3.77. The predicted octanol–water partition coefficient (Wildman–Crippen LogP) is 1.36. The minimum Gasteiger partial charge on any atom is -0.245 e. The van der Waals surface area contributed by atoms with Gasteiger partial charge in [0, 0.05) is 12.4 Å². The van der Waals surface area contributed by atoms with Gasteiger partial charge in [-0.15, -0.1) is 17.0 Å². The van der Waals surface area contributed by atoms with Crippen molar-refractivity contribution >= 4 is 17.0 Å². The zero-order chi connectivity index (χ0) is 5.11. The van der Waals surface area contributed by atoms with Gasteiger partial charge in [0.25, 0.3) is 0 Å². The molecular formula is C5H7BrN2. The topological polar surface area (TPSA) is 25.8 Å². The highest BCUT2D eigenvalue weighted by atomic mass is 79.9. The minimum atomic E-state index is 0. The second-order valence-electron chi connectivity index (χ2n) is 1.42. The first kappa shape index (κ1) is 7.56. The Hall–Kier alpha value is -0.440. The first-order chi connectivity index (χ1) is 3.39. The van der Waals surface area contributed by atoms with Crippen LogP contribution in [0.25, 0.3) is 0 Å². The summed E-state index contributed by atoms with van der Waals surface area (Å²) in [7, 11) is 0. The molecule has 1 aromatic heterocycles. The monoisotopic (exact) mass is 174 g/mol. The van der Waals surface area contributed by atoms with Crippen LogP contribution in [-0.4, -0.2) is 9.97 Å². The van der Waals surface area contributed by atoms with Gasteiger partial charge in [-0.05, 0) is 12.5 Å². The molecule has 0 bridgehead atoms. The van der Waals surface area contributed by atoms with Crippen LogP contribution in [0.1, 0.15) is 5.56 Å². The van der Waals surface area contributed by atoms with Crippen LogP contribution in [0.15, 0.2) is 18.7 Å². The molecule has 1 rings (SSSR count). The van der Waals surface area contributed by atoms with Gasteiger partial charge in [-0.25, -0.2) is 9.97 Å². The quantitative estimate of drug-likeness (QED) is 0.594. The van der Waals surface area contributed by atoms with Crippen molar-refractivity contribution in [1.29, 1.82) is 0 Å². The Labute approximate surface area is 58.7 Å². The Bertz CT molecular complexity index is 140. The van der Waals surface area contributed by atoms with E-state index in [9.17, 15) is 0 Å². The average Bonchev–Trinajstić information content (AvgIpc) is 1.69. The summed E-state index contributed by atoms with van der Waals surface area (Å²) in [4.78, 5) is 7.55. The van der Waals surface area contributed by atoms with E-state index in [0.29, 0.717) is 0 Å². The van der Waals surface area contributed by atoms with Crippen LogP contribution >= 0.6 is 17.0 Å². The number of aromatic nitrogens is 2. The van der Waals surface area contributed by atoms with E-state index < -0.39 is 0 Å². The van der Waals surface area contributed by atoms with E-state index in [2.05, 4.69) is 9.97 Å². The summed E-state index contributed by atoms with van der Waals surface area (Å²) in [6.07, 6.45) is 5.06. The highest BCUT2D eigenvalue weighted by Crippen LogP contribution is 1.84. The van der Waals surface area contributed by atoms with Gasteiger partial charge in [0.05, 0.1) is 0 Å². The van der Waals surface area contributed by atoms with Crippen molar-refractivity contribution in [2.75, 3.05) is 0 Å². The summed E-state index contributed by atoms with van der Waals surface area (Å²) in [6.45, 7) is 1.96. The van der Waals surface area contributed by atoms with Gasteiger partial charge in [-0.3, -0.25) is 0 Å². The van der Waals surface area contributed by atoms with Gasteiger partial charge in [0.1, 0.15) is 6.33 Å². The molecule has 44 valence electrons. The molecule has 0 unspecified atom stereocenters. The molecule has 3 heteroatoms. The van der Waals surface area contributed by atoms with Crippen molar-refractivity contribution in [2.45, 2.75) is 6.92 Å². The van der Waals surface area contributed by atoms with Gasteiger partial charge >= 0.3 is 0 Å². The molecule has 0 aliphatic heterocycles. The van der Waals surface area contributed by atoms with Crippen molar-refractivity contribution in [3.63, 3.8) is 0 Å². The SMILES string of the molecule is Br.Cc1cncnc1. The molecule has 0 aliphatic rings. The lowest BCUT2D eigenvalue weighted by Gasteiger charge is -1.81. The highest BCUT2D eigenvalue weighted by molar-refractivity contribution is 8.93. The zero-order valence-corrected chi connectivity index (χ0v) is 6.25.